The number of H-pyrrole nitrogens is 2. The molecule has 0 saturated carbocycles. The Balaban J connectivity index is 1.71. The summed E-state index contributed by atoms with van der Waals surface area (Å²) in [5, 5.41) is 4.06. The van der Waals surface area contributed by atoms with E-state index in [0.717, 1.165) is 47.2 Å². The Morgan fingerprint density at radius 2 is 1.94 bits per heavy atom. The van der Waals surface area contributed by atoms with E-state index < -0.39 is 0 Å². The van der Waals surface area contributed by atoms with Gasteiger partial charge in [0.1, 0.15) is 23.1 Å². The Bertz CT molecular complexity index is 1160. The van der Waals surface area contributed by atoms with Gasteiger partial charge in [-0.2, -0.15) is 0 Å². The third kappa shape index (κ3) is 6.34. The number of unbranched alkanes of at least 4 members (excludes halogenated alkanes) is 2. The summed E-state index contributed by atoms with van der Waals surface area (Å²) in [4.78, 5) is 47.1. The molecule has 0 aliphatic rings. The SMILES string of the molecule is CCC(=O)CCCCC[C@H](NC(=O)Cc1c(C)[nH]c2ccc(OC)cc12)c1ncc(C(C)=O)[nH]1. The number of amides is 1. The highest BCUT2D eigenvalue weighted by Crippen LogP contribution is 2.27. The maximum Gasteiger partial charge on any atom is 0.225 e. The summed E-state index contributed by atoms with van der Waals surface area (Å²) in [5.74, 6) is 1.34. The molecule has 0 radical (unpaired) electrons. The number of benzene rings is 1. The Morgan fingerprint density at radius 3 is 2.62 bits per heavy atom. The minimum Gasteiger partial charge on any atom is -0.497 e. The first-order valence-corrected chi connectivity index (χ1v) is 11.8. The molecule has 182 valence electrons. The Hall–Kier alpha value is -3.42. The first kappa shape index (κ1) is 25.2. The molecule has 0 aliphatic carbocycles. The van der Waals surface area contributed by atoms with Crippen LogP contribution >= 0.6 is 0 Å². The van der Waals surface area contributed by atoms with Crippen LogP contribution in [0.3, 0.4) is 0 Å². The molecule has 3 rings (SSSR count). The highest BCUT2D eigenvalue weighted by Gasteiger charge is 2.20. The Kier molecular flexibility index (Phi) is 8.62. The van der Waals surface area contributed by atoms with E-state index in [2.05, 4.69) is 20.3 Å². The fraction of sp³-hybridized carbons (Fsp3) is 0.462. The minimum atomic E-state index is -0.345. The molecule has 8 heteroatoms. The van der Waals surface area contributed by atoms with E-state index in [-0.39, 0.29) is 29.9 Å². The standard InChI is InChI=1S/C26H34N4O4/c1-5-18(32)9-7-6-8-10-23(26-27-15-24(30-26)17(3)31)29-25(33)14-20-16(2)28-22-12-11-19(34-4)13-21(20)22/h11-13,15,23,28H,5-10,14H2,1-4H3,(H,27,30)(H,29,33)/t23-/m0/s1. The van der Waals surface area contributed by atoms with Crippen molar-refractivity contribution in [3.05, 3.63) is 47.2 Å². The molecular formula is C26H34N4O4. The zero-order valence-corrected chi connectivity index (χ0v) is 20.4. The molecule has 3 N–H and O–H groups in total. The quantitative estimate of drug-likeness (QED) is 0.248. The van der Waals surface area contributed by atoms with Gasteiger partial charge >= 0.3 is 0 Å². The first-order chi connectivity index (χ1) is 16.3. The number of hydrogen-bond donors (Lipinski definition) is 3. The van der Waals surface area contributed by atoms with Gasteiger partial charge in [0.15, 0.2) is 5.78 Å². The average molecular weight is 467 g/mol. The van der Waals surface area contributed by atoms with Crippen LogP contribution in [0, 0.1) is 6.92 Å². The number of carbonyl (C=O) groups is 3. The second kappa shape index (κ2) is 11.6. The largest absolute Gasteiger partial charge is 0.497 e. The van der Waals surface area contributed by atoms with Crippen LogP contribution in [-0.2, 0) is 16.0 Å². The first-order valence-electron chi connectivity index (χ1n) is 11.8. The van der Waals surface area contributed by atoms with E-state index in [1.54, 1.807) is 7.11 Å². The lowest BCUT2D eigenvalue weighted by Gasteiger charge is -2.17. The van der Waals surface area contributed by atoms with E-state index in [9.17, 15) is 14.4 Å². The normalized spacial score (nSPS) is 12.0. The summed E-state index contributed by atoms with van der Waals surface area (Å²) in [6, 6.07) is 5.42. The summed E-state index contributed by atoms with van der Waals surface area (Å²) in [6.45, 7) is 5.31. The molecule has 1 atom stereocenters. The third-order valence-electron chi connectivity index (χ3n) is 6.15. The van der Waals surface area contributed by atoms with Crippen molar-refractivity contribution >= 4 is 28.4 Å². The average Bonchev–Trinajstić information content (AvgIpc) is 3.43. The van der Waals surface area contributed by atoms with Gasteiger partial charge in [-0.25, -0.2) is 4.98 Å². The zero-order chi connectivity index (χ0) is 24.7. The molecule has 0 aliphatic heterocycles. The predicted molar refractivity (Wildman–Crippen MR) is 131 cm³/mol. The number of hydrogen-bond acceptors (Lipinski definition) is 5. The number of aryl methyl sites for hydroxylation is 1. The number of nitrogens with one attached hydrogen (secondary N) is 3. The maximum absolute atomic E-state index is 13.1. The summed E-state index contributed by atoms with van der Waals surface area (Å²) >= 11 is 0. The summed E-state index contributed by atoms with van der Waals surface area (Å²) in [5.41, 5.74) is 3.23. The number of ether oxygens (including phenoxy) is 1. The van der Waals surface area contributed by atoms with E-state index in [1.165, 1.54) is 13.1 Å². The number of ketones is 2. The number of fused-ring (bicyclic) bond motifs is 1. The third-order valence-corrected chi connectivity index (χ3v) is 6.15. The number of rotatable bonds is 13. The molecule has 1 amide bonds. The molecule has 34 heavy (non-hydrogen) atoms. The predicted octanol–water partition coefficient (Wildman–Crippen LogP) is 4.74. The Labute approximate surface area is 199 Å². The van der Waals surface area contributed by atoms with Crippen molar-refractivity contribution in [1.82, 2.24) is 20.3 Å². The van der Waals surface area contributed by atoms with Crippen molar-refractivity contribution in [2.24, 2.45) is 0 Å². The topological polar surface area (TPSA) is 117 Å². The number of methoxy groups -OCH3 is 1. The molecular weight excluding hydrogens is 432 g/mol. The molecule has 3 aromatic rings. The lowest BCUT2D eigenvalue weighted by Crippen LogP contribution is -2.30. The van der Waals surface area contributed by atoms with Crippen molar-refractivity contribution in [2.75, 3.05) is 7.11 Å². The number of Topliss-reactive ketones (excluding diaryl/α,β-unsaturated/α-hetero) is 2. The molecule has 0 unspecified atom stereocenters. The lowest BCUT2D eigenvalue weighted by atomic mass is 10.0. The van der Waals surface area contributed by atoms with Crippen molar-refractivity contribution in [3.63, 3.8) is 0 Å². The molecule has 8 nitrogen and oxygen atoms in total. The highest BCUT2D eigenvalue weighted by molar-refractivity contribution is 5.92. The summed E-state index contributed by atoms with van der Waals surface area (Å²) in [7, 11) is 1.62. The molecule has 0 bridgehead atoms. The van der Waals surface area contributed by atoms with Crippen LogP contribution in [0.2, 0.25) is 0 Å². The highest BCUT2D eigenvalue weighted by atomic mass is 16.5. The maximum atomic E-state index is 13.1. The van der Waals surface area contributed by atoms with Crippen molar-refractivity contribution in [3.8, 4) is 5.75 Å². The van der Waals surface area contributed by atoms with Crippen molar-refractivity contribution < 1.29 is 19.1 Å². The fourth-order valence-electron chi connectivity index (χ4n) is 4.12. The molecule has 1 aromatic carbocycles. The van der Waals surface area contributed by atoms with Crippen LogP contribution in [0.25, 0.3) is 10.9 Å². The molecule has 2 aromatic heterocycles. The fourth-order valence-corrected chi connectivity index (χ4v) is 4.12. The van der Waals surface area contributed by atoms with Gasteiger partial charge in [0, 0.05) is 36.4 Å². The lowest BCUT2D eigenvalue weighted by molar-refractivity contribution is -0.121. The van der Waals surface area contributed by atoms with Gasteiger partial charge < -0.3 is 20.0 Å². The molecule has 2 heterocycles. The van der Waals surface area contributed by atoms with Crippen molar-refractivity contribution in [2.45, 2.75) is 71.8 Å². The van der Waals surface area contributed by atoms with Gasteiger partial charge in [0.25, 0.3) is 0 Å². The number of nitrogens with zero attached hydrogens (tertiary/aromatic N) is 1. The van der Waals surface area contributed by atoms with E-state index in [0.29, 0.717) is 30.8 Å². The molecule has 0 fully saturated rings. The van der Waals surface area contributed by atoms with Crippen molar-refractivity contribution in [1.29, 1.82) is 0 Å². The summed E-state index contributed by atoms with van der Waals surface area (Å²) < 4.78 is 5.35. The van der Waals surface area contributed by atoms with Gasteiger partial charge in [0.05, 0.1) is 25.8 Å². The van der Waals surface area contributed by atoms with E-state index in [1.807, 2.05) is 32.0 Å². The Morgan fingerprint density at radius 1 is 1.15 bits per heavy atom. The van der Waals surface area contributed by atoms with Crippen LogP contribution < -0.4 is 10.1 Å². The summed E-state index contributed by atoms with van der Waals surface area (Å²) in [6.07, 6.45) is 6.09. The van der Waals surface area contributed by atoms with E-state index in [4.69, 9.17) is 4.74 Å². The van der Waals surface area contributed by atoms with Crippen LogP contribution in [-0.4, -0.2) is 39.5 Å². The second-order valence-electron chi connectivity index (χ2n) is 8.67. The van der Waals surface area contributed by atoms with Gasteiger partial charge in [-0.15, -0.1) is 0 Å². The van der Waals surface area contributed by atoms with Crippen LogP contribution in [0.1, 0.15) is 86.0 Å². The second-order valence-corrected chi connectivity index (χ2v) is 8.67. The van der Waals surface area contributed by atoms with Gasteiger partial charge in [-0.05, 0) is 43.5 Å². The number of aromatic nitrogens is 3. The smallest absolute Gasteiger partial charge is 0.225 e. The molecule has 0 spiro atoms. The number of aromatic amines is 2. The number of carbonyl (C=O) groups excluding carboxylic acids is 3. The molecule has 0 saturated heterocycles. The van der Waals surface area contributed by atoms with Crippen LogP contribution in [0.5, 0.6) is 5.75 Å². The van der Waals surface area contributed by atoms with E-state index >= 15 is 0 Å². The van der Waals surface area contributed by atoms with Gasteiger partial charge in [-0.3, -0.25) is 14.4 Å². The van der Waals surface area contributed by atoms with Crippen LogP contribution in [0.15, 0.2) is 24.4 Å². The van der Waals surface area contributed by atoms with Gasteiger partial charge in [0.2, 0.25) is 5.91 Å². The number of imidazole rings is 1. The minimum absolute atomic E-state index is 0.106. The van der Waals surface area contributed by atoms with Crippen LogP contribution in [0.4, 0.5) is 0 Å². The van der Waals surface area contributed by atoms with Gasteiger partial charge in [-0.1, -0.05) is 19.8 Å². The zero-order valence-electron chi connectivity index (χ0n) is 20.4. The monoisotopic (exact) mass is 466 g/mol.